The molecule has 1 aliphatic heterocycles. The van der Waals surface area contributed by atoms with E-state index in [1.165, 1.54) is 24.2 Å². The average molecular weight is 312 g/mol. The van der Waals surface area contributed by atoms with Gasteiger partial charge in [-0.05, 0) is 31.0 Å². The molecule has 3 rings (SSSR count). The normalized spacial score (nSPS) is 22.1. The molecule has 1 aliphatic carbocycles. The van der Waals surface area contributed by atoms with E-state index >= 15 is 0 Å². The Bertz CT molecular complexity index is 468. The van der Waals surface area contributed by atoms with Crippen LogP contribution in [0.4, 0.5) is 5.69 Å². The van der Waals surface area contributed by atoms with Crippen LogP contribution >= 0.6 is 27.7 Å². The van der Waals surface area contributed by atoms with Crippen molar-refractivity contribution in [2.45, 2.75) is 41.7 Å². The van der Waals surface area contributed by atoms with Gasteiger partial charge in [0.1, 0.15) is 0 Å². The van der Waals surface area contributed by atoms with Crippen LogP contribution in [0.5, 0.6) is 0 Å². The Hall–Kier alpha value is -0.480. The second-order valence-electron chi connectivity index (χ2n) is 4.75. The number of hydrogen-bond donors (Lipinski definition) is 1. The van der Waals surface area contributed by atoms with Crippen molar-refractivity contribution in [3.05, 3.63) is 22.7 Å². The van der Waals surface area contributed by atoms with Crippen molar-refractivity contribution in [2.75, 3.05) is 5.32 Å². The third-order valence-electron chi connectivity index (χ3n) is 3.57. The molecular weight excluding hydrogens is 298 g/mol. The summed E-state index contributed by atoms with van der Waals surface area (Å²) in [4.78, 5) is 13.5. The number of hydrogen-bond acceptors (Lipinski definition) is 2. The van der Waals surface area contributed by atoms with Crippen molar-refractivity contribution in [1.82, 2.24) is 0 Å². The van der Waals surface area contributed by atoms with Gasteiger partial charge in [-0.15, -0.1) is 11.8 Å². The van der Waals surface area contributed by atoms with Gasteiger partial charge in [-0.1, -0.05) is 35.2 Å². The van der Waals surface area contributed by atoms with Crippen LogP contribution in [-0.4, -0.2) is 10.7 Å². The molecule has 1 saturated carbocycles. The molecule has 0 radical (unpaired) electrons. The summed E-state index contributed by atoms with van der Waals surface area (Å²) in [6.07, 6.45) is 5.62. The minimum absolute atomic E-state index is 0.202. The van der Waals surface area contributed by atoms with Gasteiger partial charge in [0.25, 0.3) is 0 Å². The highest BCUT2D eigenvalue weighted by Gasteiger charge is 2.43. The Kier molecular flexibility index (Phi) is 2.95. The van der Waals surface area contributed by atoms with E-state index in [1.54, 1.807) is 11.8 Å². The van der Waals surface area contributed by atoms with E-state index in [2.05, 4.69) is 27.3 Å². The lowest BCUT2D eigenvalue weighted by molar-refractivity contribution is -0.119. The molecule has 1 heterocycles. The van der Waals surface area contributed by atoms with Crippen LogP contribution in [0, 0.1) is 0 Å². The number of carbonyl (C=O) groups excluding carboxylic acids is 1. The molecule has 0 unspecified atom stereocenters. The van der Waals surface area contributed by atoms with Gasteiger partial charge in [-0.2, -0.15) is 0 Å². The van der Waals surface area contributed by atoms with Crippen LogP contribution in [0.25, 0.3) is 0 Å². The number of rotatable bonds is 0. The number of thioether (sulfide) groups is 1. The highest BCUT2D eigenvalue weighted by Crippen LogP contribution is 2.50. The van der Waals surface area contributed by atoms with E-state index in [1.807, 2.05) is 12.1 Å². The largest absolute Gasteiger partial charge is 0.324 e. The van der Waals surface area contributed by atoms with Crippen molar-refractivity contribution >= 4 is 39.3 Å². The molecule has 2 nitrogen and oxygen atoms in total. The van der Waals surface area contributed by atoms with Crippen molar-refractivity contribution in [1.29, 1.82) is 0 Å². The van der Waals surface area contributed by atoms with Gasteiger partial charge in [0.2, 0.25) is 5.91 Å². The summed E-state index contributed by atoms with van der Waals surface area (Å²) in [5.41, 5.74) is 0.958. The minimum Gasteiger partial charge on any atom is -0.324 e. The third-order valence-corrected chi connectivity index (χ3v) is 5.61. The van der Waals surface area contributed by atoms with Gasteiger partial charge in [0.05, 0.1) is 10.4 Å². The van der Waals surface area contributed by atoms with Crippen LogP contribution in [0.15, 0.2) is 27.6 Å². The van der Waals surface area contributed by atoms with Gasteiger partial charge in [0, 0.05) is 9.37 Å². The van der Waals surface area contributed by atoms with Crippen molar-refractivity contribution in [3.63, 3.8) is 0 Å². The summed E-state index contributed by atoms with van der Waals surface area (Å²) in [5.74, 6) is 0.206. The number of benzene rings is 1. The lowest BCUT2D eigenvalue weighted by Crippen LogP contribution is -2.43. The first kappa shape index (κ1) is 11.6. The van der Waals surface area contributed by atoms with Crippen LogP contribution in [0.2, 0.25) is 0 Å². The van der Waals surface area contributed by atoms with Crippen molar-refractivity contribution < 1.29 is 4.79 Å². The SMILES string of the molecule is O=C1Nc2ccc(Br)cc2SC12CCCCC2. The molecule has 1 aromatic rings. The van der Waals surface area contributed by atoms with Crippen LogP contribution in [0.3, 0.4) is 0 Å². The van der Waals surface area contributed by atoms with E-state index in [0.717, 1.165) is 23.0 Å². The van der Waals surface area contributed by atoms with E-state index in [9.17, 15) is 4.79 Å². The summed E-state index contributed by atoms with van der Waals surface area (Å²) < 4.78 is 0.873. The molecule has 0 bridgehead atoms. The zero-order chi connectivity index (χ0) is 11.9. The molecule has 0 atom stereocenters. The van der Waals surface area contributed by atoms with Gasteiger partial charge in [0.15, 0.2) is 0 Å². The molecule has 1 amide bonds. The summed E-state index contributed by atoms with van der Waals surface area (Å²) in [6.45, 7) is 0. The fraction of sp³-hybridized carbons (Fsp3) is 0.462. The highest BCUT2D eigenvalue weighted by atomic mass is 79.9. The molecule has 0 saturated heterocycles. The standard InChI is InChI=1S/C13H14BrNOS/c14-9-4-5-10-11(8-9)17-13(12(16)15-10)6-2-1-3-7-13/h4-5,8H,1-3,6-7H2,(H,15,16). The van der Waals surface area contributed by atoms with E-state index in [-0.39, 0.29) is 10.7 Å². The van der Waals surface area contributed by atoms with Gasteiger partial charge in [-0.3, -0.25) is 4.79 Å². The maximum Gasteiger partial charge on any atom is 0.241 e. The van der Waals surface area contributed by atoms with Crippen LogP contribution in [-0.2, 0) is 4.79 Å². The van der Waals surface area contributed by atoms with Crippen LogP contribution in [0.1, 0.15) is 32.1 Å². The fourth-order valence-electron chi connectivity index (χ4n) is 2.63. The lowest BCUT2D eigenvalue weighted by atomic mass is 9.87. The Morgan fingerprint density at radius 3 is 2.76 bits per heavy atom. The number of anilines is 1. The first-order valence-corrected chi connectivity index (χ1v) is 7.61. The van der Waals surface area contributed by atoms with E-state index in [0.29, 0.717) is 0 Å². The predicted octanol–water partition coefficient (Wildman–Crippen LogP) is 4.20. The first-order valence-electron chi connectivity index (χ1n) is 6.00. The quantitative estimate of drug-likeness (QED) is 0.778. The number of halogens is 1. The maximum atomic E-state index is 12.3. The second kappa shape index (κ2) is 4.32. The number of carbonyl (C=O) groups is 1. The predicted molar refractivity (Wildman–Crippen MR) is 74.4 cm³/mol. The zero-order valence-corrected chi connectivity index (χ0v) is 11.9. The van der Waals surface area contributed by atoms with Crippen LogP contribution < -0.4 is 5.32 Å². The lowest BCUT2D eigenvalue weighted by Gasteiger charge is -2.38. The molecule has 90 valence electrons. The smallest absolute Gasteiger partial charge is 0.241 e. The molecule has 1 spiro atoms. The number of nitrogens with one attached hydrogen (secondary N) is 1. The monoisotopic (exact) mass is 311 g/mol. The highest BCUT2D eigenvalue weighted by molar-refractivity contribution is 9.10. The maximum absolute atomic E-state index is 12.3. The van der Waals surface area contributed by atoms with Gasteiger partial charge < -0.3 is 5.32 Å². The van der Waals surface area contributed by atoms with E-state index in [4.69, 9.17) is 0 Å². The Morgan fingerprint density at radius 1 is 1.24 bits per heavy atom. The molecular formula is C13H14BrNOS. The summed E-state index contributed by atoms with van der Waals surface area (Å²) in [5, 5.41) is 3.07. The molecule has 0 aromatic heterocycles. The molecule has 17 heavy (non-hydrogen) atoms. The van der Waals surface area contributed by atoms with E-state index < -0.39 is 0 Å². The summed E-state index contributed by atoms with van der Waals surface area (Å²) >= 11 is 5.25. The number of fused-ring (bicyclic) bond motifs is 1. The summed E-state index contributed by atoms with van der Waals surface area (Å²) in [7, 11) is 0. The zero-order valence-electron chi connectivity index (χ0n) is 9.46. The molecule has 1 aromatic carbocycles. The Labute approximate surface area is 114 Å². The average Bonchev–Trinajstić information content (AvgIpc) is 2.32. The van der Waals surface area contributed by atoms with Crippen molar-refractivity contribution in [2.24, 2.45) is 0 Å². The topological polar surface area (TPSA) is 29.1 Å². The Balaban J connectivity index is 1.98. The molecule has 4 heteroatoms. The number of amides is 1. The molecule has 1 N–H and O–H groups in total. The van der Waals surface area contributed by atoms with Crippen molar-refractivity contribution in [3.8, 4) is 0 Å². The molecule has 1 fully saturated rings. The molecule has 2 aliphatic rings. The summed E-state index contributed by atoms with van der Waals surface area (Å²) in [6, 6.07) is 6.05. The third kappa shape index (κ3) is 2.02. The van der Waals surface area contributed by atoms with Gasteiger partial charge >= 0.3 is 0 Å². The first-order chi connectivity index (χ1) is 8.20. The second-order valence-corrected chi connectivity index (χ2v) is 7.09. The van der Waals surface area contributed by atoms with Gasteiger partial charge in [-0.25, -0.2) is 0 Å². The minimum atomic E-state index is -0.202. The fourth-order valence-corrected chi connectivity index (χ4v) is 4.61. The Morgan fingerprint density at radius 2 is 2.00 bits per heavy atom.